The van der Waals surface area contributed by atoms with Crippen LogP contribution in [-0.2, 0) is 10.3 Å². The Kier molecular flexibility index (Phi) is 2.96. The van der Waals surface area contributed by atoms with Crippen molar-refractivity contribution in [3.8, 4) is 5.75 Å². The Labute approximate surface area is 109 Å². The number of benzene rings is 1. The Bertz CT molecular complexity index is 462. The molecule has 104 valence electrons. The minimum absolute atomic E-state index is 0.0244. The normalized spacial score (nSPS) is 27.5. The number of alkyl halides is 3. The lowest BCUT2D eigenvalue weighted by Gasteiger charge is -2.43. The third kappa shape index (κ3) is 2.10. The summed E-state index contributed by atoms with van der Waals surface area (Å²) in [5, 5.41) is 0. The molecule has 1 atom stereocenters. The lowest BCUT2D eigenvalue weighted by atomic mass is 9.85. The van der Waals surface area contributed by atoms with E-state index in [4.69, 9.17) is 9.47 Å². The van der Waals surface area contributed by atoms with Gasteiger partial charge in [0.1, 0.15) is 5.75 Å². The molecule has 2 aliphatic rings. The molecular weight excluding hydrogens is 257 g/mol. The highest BCUT2D eigenvalue weighted by molar-refractivity contribution is 5.35. The average molecular weight is 272 g/mol. The van der Waals surface area contributed by atoms with E-state index < -0.39 is 11.8 Å². The molecule has 1 saturated heterocycles. The van der Waals surface area contributed by atoms with Crippen LogP contribution in [0.3, 0.4) is 0 Å². The molecular formula is C14H15F3O2. The van der Waals surface area contributed by atoms with E-state index in [1.54, 1.807) is 12.1 Å². The molecule has 5 heteroatoms. The van der Waals surface area contributed by atoms with Gasteiger partial charge in [-0.25, -0.2) is 0 Å². The molecule has 0 bridgehead atoms. The third-order valence-electron chi connectivity index (χ3n) is 3.92. The summed E-state index contributed by atoms with van der Waals surface area (Å²) in [6, 6.07) is 6.22. The molecule has 1 unspecified atom stereocenters. The maximum absolute atomic E-state index is 13.1. The van der Waals surface area contributed by atoms with Gasteiger partial charge in [0, 0.05) is 6.42 Å². The Morgan fingerprint density at radius 3 is 2.47 bits per heavy atom. The van der Waals surface area contributed by atoms with Gasteiger partial charge in [0.15, 0.2) is 5.60 Å². The summed E-state index contributed by atoms with van der Waals surface area (Å²) in [6.45, 7) is 0.146. The molecule has 19 heavy (non-hydrogen) atoms. The van der Waals surface area contributed by atoms with Crippen molar-refractivity contribution in [2.45, 2.75) is 43.6 Å². The standard InChI is InChI=1S/C14H15F3O2/c15-14(16,17)13(7-8-18-13)10-3-1-6-12(9-10)19-11-4-2-5-11/h1,3,6,9,11H,2,4-5,7-8H2. The van der Waals surface area contributed by atoms with Gasteiger partial charge in [-0.15, -0.1) is 0 Å². The smallest absolute Gasteiger partial charge is 0.421 e. The Balaban J connectivity index is 1.85. The fraction of sp³-hybridized carbons (Fsp3) is 0.571. The zero-order chi connectivity index (χ0) is 13.5. The molecule has 1 aliphatic heterocycles. The molecule has 2 nitrogen and oxygen atoms in total. The summed E-state index contributed by atoms with van der Waals surface area (Å²) < 4.78 is 50.0. The maximum atomic E-state index is 13.1. The average Bonchev–Trinajstić information content (AvgIpc) is 2.20. The van der Waals surface area contributed by atoms with E-state index in [0.717, 1.165) is 19.3 Å². The summed E-state index contributed by atoms with van der Waals surface area (Å²) in [5.74, 6) is 0.501. The van der Waals surface area contributed by atoms with Crippen molar-refractivity contribution in [1.29, 1.82) is 0 Å². The molecule has 1 aromatic carbocycles. The first-order valence-electron chi connectivity index (χ1n) is 6.49. The second-order valence-corrected chi connectivity index (χ2v) is 5.12. The Morgan fingerprint density at radius 1 is 1.26 bits per heavy atom. The first-order valence-corrected chi connectivity index (χ1v) is 6.49. The Morgan fingerprint density at radius 2 is 2.00 bits per heavy atom. The third-order valence-corrected chi connectivity index (χ3v) is 3.92. The number of hydrogen-bond acceptors (Lipinski definition) is 2. The van der Waals surface area contributed by atoms with Crippen molar-refractivity contribution >= 4 is 0 Å². The minimum Gasteiger partial charge on any atom is -0.490 e. The van der Waals surface area contributed by atoms with Crippen molar-refractivity contribution in [2.75, 3.05) is 6.61 Å². The van der Waals surface area contributed by atoms with Crippen LogP contribution in [0, 0.1) is 0 Å². The molecule has 1 aromatic rings. The highest BCUT2D eigenvalue weighted by Gasteiger charge is 2.61. The molecule has 0 N–H and O–H groups in total. The van der Waals surface area contributed by atoms with Crippen LogP contribution < -0.4 is 4.74 Å². The highest BCUT2D eigenvalue weighted by Crippen LogP contribution is 2.50. The molecule has 0 spiro atoms. The summed E-state index contributed by atoms with van der Waals surface area (Å²) in [6.07, 6.45) is -1.18. The van der Waals surface area contributed by atoms with Crippen LogP contribution >= 0.6 is 0 Å². The predicted molar refractivity (Wildman–Crippen MR) is 63.0 cm³/mol. The monoisotopic (exact) mass is 272 g/mol. The molecule has 0 amide bonds. The SMILES string of the molecule is FC(F)(F)C1(c2cccc(OC3CCC3)c2)CCO1. The first-order chi connectivity index (χ1) is 9.01. The fourth-order valence-corrected chi connectivity index (χ4v) is 2.42. The summed E-state index contributed by atoms with van der Waals surface area (Å²) in [7, 11) is 0. The van der Waals surface area contributed by atoms with Crippen LogP contribution in [0.5, 0.6) is 5.75 Å². The summed E-state index contributed by atoms with van der Waals surface area (Å²) in [5.41, 5.74) is -1.99. The van der Waals surface area contributed by atoms with Gasteiger partial charge in [-0.05, 0) is 37.0 Å². The minimum atomic E-state index is -4.39. The summed E-state index contributed by atoms with van der Waals surface area (Å²) >= 11 is 0. The van der Waals surface area contributed by atoms with Gasteiger partial charge in [-0.1, -0.05) is 12.1 Å². The molecule has 3 rings (SSSR count). The van der Waals surface area contributed by atoms with E-state index in [9.17, 15) is 13.2 Å². The van der Waals surface area contributed by atoms with E-state index in [2.05, 4.69) is 0 Å². The van der Waals surface area contributed by atoms with Gasteiger partial charge in [-0.2, -0.15) is 13.2 Å². The lowest BCUT2D eigenvalue weighted by Crippen LogP contribution is -2.52. The van der Waals surface area contributed by atoms with E-state index in [-0.39, 0.29) is 24.7 Å². The van der Waals surface area contributed by atoms with Gasteiger partial charge >= 0.3 is 6.18 Å². The van der Waals surface area contributed by atoms with Crippen LogP contribution in [0.2, 0.25) is 0 Å². The second-order valence-electron chi connectivity index (χ2n) is 5.12. The lowest BCUT2D eigenvalue weighted by molar-refractivity contribution is -0.333. The van der Waals surface area contributed by atoms with Gasteiger partial charge in [-0.3, -0.25) is 0 Å². The zero-order valence-corrected chi connectivity index (χ0v) is 10.4. The zero-order valence-electron chi connectivity index (χ0n) is 10.4. The highest BCUT2D eigenvalue weighted by atomic mass is 19.4. The second kappa shape index (κ2) is 4.40. The van der Waals surface area contributed by atoms with Crippen molar-refractivity contribution in [3.63, 3.8) is 0 Å². The molecule has 0 radical (unpaired) electrons. The van der Waals surface area contributed by atoms with Crippen LogP contribution in [0.1, 0.15) is 31.2 Å². The van der Waals surface area contributed by atoms with E-state index in [1.165, 1.54) is 12.1 Å². The fourth-order valence-electron chi connectivity index (χ4n) is 2.42. The quantitative estimate of drug-likeness (QED) is 0.833. The van der Waals surface area contributed by atoms with Crippen molar-refractivity contribution in [1.82, 2.24) is 0 Å². The Hall–Kier alpha value is -1.23. The molecule has 1 aliphatic carbocycles. The van der Waals surface area contributed by atoms with Gasteiger partial charge in [0.25, 0.3) is 0 Å². The van der Waals surface area contributed by atoms with E-state index in [0.29, 0.717) is 5.75 Å². The van der Waals surface area contributed by atoms with Crippen LogP contribution in [0.25, 0.3) is 0 Å². The van der Waals surface area contributed by atoms with Crippen LogP contribution in [0.4, 0.5) is 13.2 Å². The van der Waals surface area contributed by atoms with Gasteiger partial charge in [0.2, 0.25) is 0 Å². The van der Waals surface area contributed by atoms with Crippen LogP contribution in [-0.4, -0.2) is 18.9 Å². The maximum Gasteiger partial charge on any atom is 0.421 e. The van der Waals surface area contributed by atoms with Crippen molar-refractivity contribution < 1.29 is 22.6 Å². The largest absolute Gasteiger partial charge is 0.490 e. The number of rotatable bonds is 3. The van der Waals surface area contributed by atoms with Gasteiger partial charge in [0.05, 0.1) is 12.7 Å². The van der Waals surface area contributed by atoms with E-state index >= 15 is 0 Å². The number of ether oxygens (including phenoxy) is 2. The predicted octanol–water partition coefficient (Wildman–Crippen LogP) is 3.80. The molecule has 0 aromatic heterocycles. The van der Waals surface area contributed by atoms with Gasteiger partial charge < -0.3 is 9.47 Å². The number of halogens is 3. The molecule has 1 saturated carbocycles. The van der Waals surface area contributed by atoms with E-state index in [1.807, 2.05) is 0 Å². The van der Waals surface area contributed by atoms with Crippen molar-refractivity contribution in [2.24, 2.45) is 0 Å². The summed E-state index contributed by atoms with van der Waals surface area (Å²) in [4.78, 5) is 0. The molecule has 1 heterocycles. The molecule has 2 fully saturated rings. The van der Waals surface area contributed by atoms with Crippen molar-refractivity contribution in [3.05, 3.63) is 29.8 Å². The topological polar surface area (TPSA) is 18.5 Å². The van der Waals surface area contributed by atoms with Crippen LogP contribution in [0.15, 0.2) is 24.3 Å². The number of hydrogen-bond donors (Lipinski definition) is 0. The first kappa shape index (κ1) is 12.8.